The highest BCUT2D eigenvalue weighted by Crippen LogP contribution is 2.19. The summed E-state index contributed by atoms with van der Waals surface area (Å²) in [4.78, 5) is 0. The first-order valence-corrected chi connectivity index (χ1v) is 3.77. The van der Waals surface area contributed by atoms with Gasteiger partial charge < -0.3 is 20.8 Å². The Morgan fingerprint density at radius 2 is 1.64 bits per heavy atom. The van der Waals surface area contributed by atoms with Crippen molar-refractivity contribution in [1.29, 1.82) is 0 Å². The summed E-state index contributed by atoms with van der Waals surface area (Å²) in [6.45, 7) is 3.13. The zero-order valence-corrected chi connectivity index (χ0v) is 7.33. The van der Waals surface area contributed by atoms with Crippen molar-refractivity contribution in [3.63, 3.8) is 0 Å². The summed E-state index contributed by atoms with van der Waals surface area (Å²) in [7, 11) is 0. The largest absolute Gasteiger partial charge is 0.371 e. The summed E-state index contributed by atoms with van der Waals surface area (Å²) in [6, 6.07) is 0. The van der Waals surface area contributed by atoms with Gasteiger partial charge in [0.25, 0.3) is 0 Å². The van der Waals surface area contributed by atoms with Gasteiger partial charge in [-0.05, 0) is 26.1 Å². The van der Waals surface area contributed by atoms with Crippen molar-refractivity contribution in [2.24, 2.45) is 0 Å². The van der Waals surface area contributed by atoms with Gasteiger partial charge in [-0.2, -0.15) is 0 Å². The summed E-state index contributed by atoms with van der Waals surface area (Å²) in [5.41, 5.74) is -2.24. The third-order valence-corrected chi connectivity index (χ3v) is 1.66. The minimum Gasteiger partial charge on any atom is -0.371 e. The topological polar surface area (TPSA) is 64.5 Å². The highest BCUT2D eigenvalue weighted by atomic mass is 32.1. The summed E-state index contributed by atoms with van der Waals surface area (Å²) in [5.74, 6) is 0. The maximum absolute atomic E-state index is 9.48. The molecule has 0 radical (unpaired) electrons. The molecule has 0 aliphatic carbocycles. The van der Waals surface area contributed by atoms with E-state index in [1.165, 1.54) is 0 Å². The molecule has 0 saturated carbocycles. The van der Waals surface area contributed by atoms with E-state index in [4.69, 9.17) is 12.2 Å². The molecular formula is C6H12N2O2S. The molecule has 0 aromatic carbocycles. The van der Waals surface area contributed by atoms with E-state index in [0.29, 0.717) is 0 Å². The molecule has 0 spiro atoms. The van der Waals surface area contributed by atoms with Gasteiger partial charge in [-0.25, -0.2) is 0 Å². The molecule has 4 nitrogen and oxygen atoms in total. The first-order chi connectivity index (χ1) is 4.81. The minimum atomic E-state index is -1.12. The predicted octanol–water partition coefficient (Wildman–Crippen LogP) is -0.729. The summed E-state index contributed by atoms with van der Waals surface area (Å²) in [5, 5.41) is 24.5. The second-order valence-electron chi connectivity index (χ2n) is 3.30. The molecule has 4 N–H and O–H groups in total. The number of hydrogen-bond donors (Lipinski definition) is 4. The monoisotopic (exact) mass is 176 g/mol. The lowest BCUT2D eigenvalue weighted by atomic mass is 10.0. The van der Waals surface area contributed by atoms with Crippen molar-refractivity contribution in [2.75, 3.05) is 0 Å². The van der Waals surface area contributed by atoms with Gasteiger partial charge in [0.2, 0.25) is 0 Å². The highest BCUT2D eigenvalue weighted by Gasteiger charge is 2.38. The third-order valence-electron chi connectivity index (χ3n) is 1.45. The van der Waals surface area contributed by atoms with Crippen LogP contribution in [0.3, 0.4) is 0 Å². The first kappa shape index (κ1) is 8.70. The van der Waals surface area contributed by atoms with Gasteiger partial charge in [0.15, 0.2) is 5.11 Å². The van der Waals surface area contributed by atoms with E-state index in [1.54, 1.807) is 13.8 Å². The van der Waals surface area contributed by atoms with Crippen molar-refractivity contribution in [2.45, 2.75) is 31.7 Å². The van der Waals surface area contributed by atoms with E-state index in [0.717, 1.165) is 0 Å². The lowest BCUT2D eigenvalue weighted by molar-refractivity contribution is -0.0765. The molecule has 11 heavy (non-hydrogen) atoms. The zero-order valence-electron chi connectivity index (χ0n) is 6.51. The Hall–Kier alpha value is -0.390. The molecule has 64 valence electrons. The van der Waals surface area contributed by atoms with Crippen molar-refractivity contribution in [3.05, 3.63) is 0 Å². The fraction of sp³-hybridized carbons (Fsp3) is 0.833. The lowest BCUT2D eigenvalue weighted by Crippen LogP contribution is -2.65. The van der Waals surface area contributed by atoms with Crippen LogP contribution in [0, 0.1) is 0 Å². The smallest absolute Gasteiger partial charge is 0.170 e. The Balaban J connectivity index is 2.74. The van der Waals surface area contributed by atoms with Crippen LogP contribution in [0.25, 0.3) is 0 Å². The number of aliphatic hydroxyl groups is 2. The van der Waals surface area contributed by atoms with Crippen molar-refractivity contribution < 1.29 is 10.2 Å². The Morgan fingerprint density at radius 3 is 1.91 bits per heavy atom. The van der Waals surface area contributed by atoms with Crippen LogP contribution in [0.15, 0.2) is 0 Å². The van der Waals surface area contributed by atoms with E-state index in [1.807, 2.05) is 0 Å². The van der Waals surface area contributed by atoms with Crippen LogP contribution in [0.4, 0.5) is 0 Å². The third kappa shape index (κ3) is 2.28. The van der Waals surface area contributed by atoms with Crippen LogP contribution in [-0.2, 0) is 0 Å². The molecule has 5 heteroatoms. The van der Waals surface area contributed by atoms with Gasteiger partial charge in [0.1, 0.15) is 11.4 Å². The molecule has 1 saturated heterocycles. The second-order valence-corrected chi connectivity index (χ2v) is 3.71. The molecule has 1 aliphatic heterocycles. The highest BCUT2D eigenvalue weighted by molar-refractivity contribution is 7.80. The average molecular weight is 176 g/mol. The molecular weight excluding hydrogens is 164 g/mol. The van der Waals surface area contributed by atoms with Gasteiger partial charge in [0, 0.05) is 6.42 Å². The van der Waals surface area contributed by atoms with E-state index < -0.39 is 11.4 Å². The SMILES string of the molecule is CC1(O)CC(C)(O)NC(=S)N1. The quantitative estimate of drug-likeness (QED) is 0.367. The van der Waals surface area contributed by atoms with E-state index >= 15 is 0 Å². The number of hydrogen-bond acceptors (Lipinski definition) is 3. The second kappa shape index (κ2) is 2.30. The van der Waals surface area contributed by atoms with Crippen LogP contribution >= 0.6 is 12.2 Å². The summed E-state index contributed by atoms with van der Waals surface area (Å²) >= 11 is 4.76. The van der Waals surface area contributed by atoms with Gasteiger partial charge in [-0.3, -0.25) is 0 Å². The fourth-order valence-electron chi connectivity index (χ4n) is 1.28. The van der Waals surface area contributed by atoms with E-state index in [9.17, 15) is 10.2 Å². The Morgan fingerprint density at radius 1 is 1.27 bits per heavy atom. The molecule has 0 aromatic rings. The molecule has 2 atom stereocenters. The zero-order chi connectivity index (χ0) is 8.70. The maximum atomic E-state index is 9.48. The van der Waals surface area contributed by atoms with Crippen molar-refractivity contribution in [1.82, 2.24) is 10.6 Å². The molecule has 1 aliphatic rings. The molecule has 0 aromatic heterocycles. The molecule has 1 rings (SSSR count). The fourth-order valence-corrected chi connectivity index (χ4v) is 1.72. The van der Waals surface area contributed by atoms with Gasteiger partial charge >= 0.3 is 0 Å². The first-order valence-electron chi connectivity index (χ1n) is 3.36. The molecule has 2 unspecified atom stereocenters. The van der Waals surface area contributed by atoms with Gasteiger partial charge in [0.05, 0.1) is 0 Å². The minimum absolute atomic E-state index is 0.195. The van der Waals surface area contributed by atoms with Crippen LogP contribution in [0.2, 0.25) is 0 Å². The van der Waals surface area contributed by atoms with Crippen LogP contribution in [0.5, 0.6) is 0 Å². The van der Waals surface area contributed by atoms with Crippen LogP contribution in [-0.4, -0.2) is 26.8 Å². The number of nitrogens with one attached hydrogen (secondary N) is 2. The van der Waals surface area contributed by atoms with E-state index in [2.05, 4.69) is 10.6 Å². The van der Waals surface area contributed by atoms with Crippen LogP contribution < -0.4 is 10.6 Å². The summed E-state index contributed by atoms with van der Waals surface area (Å²) in [6.07, 6.45) is 0.195. The normalized spacial score (nSPS) is 44.5. The Labute approximate surface area is 70.6 Å². The number of rotatable bonds is 0. The molecule has 1 heterocycles. The van der Waals surface area contributed by atoms with Crippen LogP contribution in [0.1, 0.15) is 20.3 Å². The maximum Gasteiger partial charge on any atom is 0.170 e. The van der Waals surface area contributed by atoms with Gasteiger partial charge in [-0.15, -0.1) is 0 Å². The van der Waals surface area contributed by atoms with Gasteiger partial charge in [-0.1, -0.05) is 0 Å². The lowest BCUT2D eigenvalue weighted by Gasteiger charge is -2.40. The number of thiocarbonyl (C=S) groups is 1. The summed E-state index contributed by atoms with van der Waals surface area (Å²) < 4.78 is 0. The van der Waals surface area contributed by atoms with Crippen molar-refractivity contribution in [3.8, 4) is 0 Å². The average Bonchev–Trinajstić information content (AvgIpc) is 1.49. The molecule has 0 amide bonds. The molecule has 1 fully saturated rings. The Bertz CT molecular complexity index is 173. The molecule has 0 bridgehead atoms. The standard InChI is InChI=1S/C6H12N2O2S/c1-5(9)3-6(2,10)8-4(11)7-5/h9-10H,3H2,1-2H3,(H2,7,8,11). The van der Waals surface area contributed by atoms with E-state index in [-0.39, 0.29) is 11.5 Å². The Kier molecular flexibility index (Phi) is 1.82. The predicted molar refractivity (Wildman–Crippen MR) is 44.7 cm³/mol. The van der Waals surface area contributed by atoms with Crippen molar-refractivity contribution >= 4 is 17.3 Å².